The Labute approximate surface area is 501 Å². The van der Waals surface area contributed by atoms with Crippen LogP contribution in [-0.2, 0) is 23.7 Å². The molecule has 2 aliphatic heterocycles. The second kappa shape index (κ2) is 52.7. The van der Waals surface area contributed by atoms with Crippen molar-refractivity contribution in [1.82, 2.24) is 5.32 Å². The van der Waals surface area contributed by atoms with Gasteiger partial charge in [0.05, 0.1) is 32.0 Å². The lowest BCUT2D eigenvalue weighted by Gasteiger charge is -2.46. The predicted octanol–water partition coefficient (Wildman–Crippen LogP) is 12.2. The van der Waals surface area contributed by atoms with Crippen molar-refractivity contribution >= 4 is 5.91 Å². The van der Waals surface area contributed by atoms with Crippen molar-refractivity contribution in [3.8, 4) is 0 Å². The van der Waals surface area contributed by atoms with Gasteiger partial charge in [-0.3, -0.25) is 4.79 Å². The maximum Gasteiger partial charge on any atom is 0.220 e. The van der Waals surface area contributed by atoms with Crippen LogP contribution in [0, 0.1) is 0 Å². The maximum atomic E-state index is 13.3. The van der Waals surface area contributed by atoms with Crippen LogP contribution in [0.3, 0.4) is 0 Å². The first-order chi connectivity index (χ1) is 40.6. The van der Waals surface area contributed by atoms with E-state index >= 15 is 0 Å². The molecule has 2 fully saturated rings. The number of amides is 1. The summed E-state index contributed by atoms with van der Waals surface area (Å²) in [5.74, 6) is -0.315. The zero-order valence-corrected chi connectivity index (χ0v) is 51.1. The van der Waals surface area contributed by atoms with E-state index in [0.717, 1.165) is 70.6 Å². The smallest absolute Gasteiger partial charge is 0.220 e. The Bertz CT molecular complexity index is 1850. The minimum Gasteiger partial charge on any atom is -0.394 e. The van der Waals surface area contributed by atoms with Crippen molar-refractivity contribution in [3.63, 3.8) is 0 Å². The lowest BCUT2D eigenvalue weighted by atomic mass is 9.97. The fourth-order valence-corrected chi connectivity index (χ4v) is 9.72. The molecule has 83 heavy (non-hydrogen) atoms. The molecule has 0 aromatic heterocycles. The van der Waals surface area contributed by atoms with Crippen LogP contribution in [0.4, 0.5) is 0 Å². The van der Waals surface area contributed by atoms with E-state index in [0.29, 0.717) is 19.3 Å². The molecule has 0 aromatic carbocycles. The largest absolute Gasteiger partial charge is 0.394 e. The molecule has 0 aliphatic carbocycles. The van der Waals surface area contributed by atoms with Gasteiger partial charge in [0.15, 0.2) is 12.6 Å². The normalized spacial score (nSPS) is 24.7. The van der Waals surface area contributed by atoms with Crippen LogP contribution < -0.4 is 5.32 Å². The van der Waals surface area contributed by atoms with E-state index in [4.69, 9.17) is 18.9 Å². The second-order valence-corrected chi connectivity index (χ2v) is 22.1. The molecule has 14 nitrogen and oxygen atoms in total. The molecule has 0 bridgehead atoms. The molecular formula is C69H115NO13. The second-order valence-electron chi connectivity index (χ2n) is 22.1. The standard InChI is InChI=1S/C69H115NO13/c1-3-5-7-9-11-13-15-17-19-21-23-25-27-28-29-31-32-34-36-38-40-42-44-46-48-50-52-58(73)57(56-80-68-66(79)64(77)67(60(55-72)82-68)83-69-65(78)63(76)62(75)59(54-71)81-69)70-61(74)53-51-49-47-45-43-41-39-37-35-33-30-26-24-22-20-18-16-14-12-10-8-6-4-2/h6,8,12,14,18,20,24,26,33-36,39,41-42,44-45,47,50,52,57-60,62-69,71-73,75-79H,3-5,7,9-11,13,15-17,19,21-23,25,27-32,37-38,40,43,46,48-49,51,53-56H2,1-2H3,(H,70,74)/b8-6-,14-12-,20-18-,26-24-,35-33-,36-34+,41-39-,44-42+,47-45-,52-50+. The summed E-state index contributed by atoms with van der Waals surface area (Å²) in [6.07, 6.45) is 59.7. The lowest BCUT2D eigenvalue weighted by Crippen LogP contribution is -2.65. The molecule has 2 saturated heterocycles. The van der Waals surface area contributed by atoms with Gasteiger partial charge in [0.2, 0.25) is 5.91 Å². The molecule has 9 N–H and O–H groups in total. The zero-order valence-electron chi connectivity index (χ0n) is 51.1. The molecule has 0 spiro atoms. The van der Waals surface area contributed by atoms with Crippen molar-refractivity contribution in [2.45, 2.75) is 286 Å². The van der Waals surface area contributed by atoms with Gasteiger partial charge in [-0.05, 0) is 96.3 Å². The van der Waals surface area contributed by atoms with Gasteiger partial charge in [0.25, 0.3) is 0 Å². The van der Waals surface area contributed by atoms with Gasteiger partial charge in [0, 0.05) is 6.42 Å². The molecule has 2 heterocycles. The average molecular weight is 1170 g/mol. The van der Waals surface area contributed by atoms with Crippen molar-refractivity contribution in [2.75, 3.05) is 19.8 Å². The number of aliphatic hydroxyl groups excluding tert-OH is 8. The summed E-state index contributed by atoms with van der Waals surface area (Å²) < 4.78 is 22.7. The van der Waals surface area contributed by atoms with Crippen LogP contribution in [0.15, 0.2) is 122 Å². The average Bonchev–Trinajstić information content (AvgIpc) is 3.64. The Kier molecular flexibility index (Phi) is 47.9. The number of rotatable bonds is 50. The van der Waals surface area contributed by atoms with E-state index < -0.39 is 86.8 Å². The first-order valence-corrected chi connectivity index (χ1v) is 32.3. The molecule has 1 amide bonds. The SMILES string of the molecule is CC/C=C\C/C=C\C/C=C\C/C=C\C/C=C\C/C=C\C/C=C\CCCC(=O)NC(COC1OC(CO)C(OC2OC(CO)C(O)C(O)C2O)C(O)C1O)C(O)/C=C/CC/C=C/CC/C=C/CCCCCCCCCCCCCCCCCC. The summed E-state index contributed by atoms with van der Waals surface area (Å²) in [6, 6.07) is -0.979. The van der Waals surface area contributed by atoms with Crippen LogP contribution in [-0.4, -0.2) is 140 Å². The highest BCUT2D eigenvalue weighted by Crippen LogP contribution is 2.30. The highest BCUT2D eigenvalue weighted by Gasteiger charge is 2.51. The monoisotopic (exact) mass is 1170 g/mol. The number of ether oxygens (including phenoxy) is 4. The number of allylic oxidation sites excluding steroid dienone is 19. The Morgan fingerprint density at radius 2 is 0.843 bits per heavy atom. The number of unbranched alkanes of at least 4 members (excludes halogenated alkanes) is 19. The van der Waals surface area contributed by atoms with Crippen LogP contribution >= 0.6 is 0 Å². The van der Waals surface area contributed by atoms with Crippen LogP contribution in [0.25, 0.3) is 0 Å². The number of hydrogen-bond acceptors (Lipinski definition) is 13. The summed E-state index contributed by atoms with van der Waals surface area (Å²) in [7, 11) is 0. The van der Waals surface area contributed by atoms with Gasteiger partial charge < -0.3 is 65.1 Å². The van der Waals surface area contributed by atoms with Gasteiger partial charge >= 0.3 is 0 Å². The Morgan fingerprint density at radius 3 is 1.33 bits per heavy atom. The van der Waals surface area contributed by atoms with Crippen molar-refractivity contribution in [2.24, 2.45) is 0 Å². The molecule has 2 aliphatic rings. The molecule has 0 saturated carbocycles. The highest BCUT2D eigenvalue weighted by atomic mass is 16.7. The number of nitrogens with one attached hydrogen (secondary N) is 1. The fraction of sp³-hybridized carbons (Fsp3) is 0.696. The van der Waals surface area contributed by atoms with Crippen LogP contribution in [0.1, 0.15) is 213 Å². The van der Waals surface area contributed by atoms with E-state index in [-0.39, 0.29) is 18.9 Å². The van der Waals surface area contributed by atoms with Crippen molar-refractivity contribution in [1.29, 1.82) is 0 Å². The van der Waals surface area contributed by atoms with Gasteiger partial charge in [-0.15, -0.1) is 0 Å². The molecule has 474 valence electrons. The maximum absolute atomic E-state index is 13.3. The molecule has 12 unspecified atom stereocenters. The van der Waals surface area contributed by atoms with E-state index in [9.17, 15) is 45.6 Å². The van der Waals surface area contributed by atoms with Gasteiger partial charge in [-0.2, -0.15) is 0 Å². The summed E-state index contributed by atoms with van der Waals surface area (Å²) in [5, 5.41) is 87.2. The lowest BCUT2D eigenvalue weighted by molar-refractivity contribution is -0.359. The molecule has 0 aromatic rings. The van der Waals surface area contributed by atoms with Crippen molar-refractivity contribution < 1.29 is 64.6 Å². The summed E-state index contributed by atoms with van der Waals surface area (Å²) in [6.45, 7) is 2.62. The first-order valence-electron chi connectivity index (χ1n) is 32.3. The third-order valence-electron chi connectivity index (χ3n) is 14.9. The number of hydrogen-bond donors (Lipinski definition) is 9. The highest BCUT2D eigenvalue weighted by molar-refractivity contribution is 5.76. The Hall–Kier alpha value is -3.61. The minimum atomic E-state index is -1.81. The molecule has 12 atom stereocenters. The third-order valence-corrected chi connectivity index (χ3v) is 14.9. The van der Waals surface area contributed by atoms with Gasteiger partial charge in [-0.25, -0.2) is 0 Å². The predicted molar refractivity (Wildman–Crippen MR) is 336 cm³/mol. The Balaban J connectivity index is 1.79. The van der Waals surface area contributed by atoms with Crippen molar-refractivity contribution in [3.05, 3.63) is 122 Å². The zero-order chi connectivity index (χ0) is 60.2. The fourth-order valence-electron chi connectivity index (χ4n) is 9.72. The van der Waals surface area contributed by atoms with Gasteiger partial charge in [0.1, 0.15) is 48.8 Å². The van der Waals surface area contributed by atoms with Crippen LogP contribution in [0.5, 0.6) is 0 Å². The van der Waals surface area contributed by atoms with Gasteiger partial charge in [-0.1, -0.05) is 232 Å². The molecule has 0 radical (unpaired) electrons. The van der Waals surface area contributed by atoms with E-state index in [1.165, 1.54) is 103 Å². The summed E-state index contributed by atoms with van der Waals surface area (Å²) in [5.41, 5.74) is 0. The quantitative estimate of drug-likeness (QED) is 0.0204. The number of carbonyl (C=O) groups is 1. The minimum absolute atomic E-state index is 0.182. The topological polar surface area (TPSA) is 228 Å². The molecule has 2 rings (SSSR count). The first kappa shape index (κ1) is 75.5. The van der Waals surface area contributed by atoms with E-state index in [1.54, 1.807) is 6.08 Å². The summed E-state index contributed by atoms with van der Waals surface area (Å²) in [4.78, 5) is 13.3. The number of aliphatic hydroxyl groups is 8. The molecule has 14 heteroatoms. The van der Waals surface area contributed by atoms with Crippen LogP contribution in [0.2, 0.25) is 0 Å². The van der Waals surface area contributed by atoms with E-state index in [2.05, 4.69) is 122 Å². The Morgan fingerprint density at radius 1 is 0.446 bits per heavy atom. The summed E-state index contributed by atoms with van der Waals surface area (Å²) >= 11 is 0. The molecular weight excluding hydrogens is 1050 g/mol. The number of carbonyl (C=O) groups excluding carboxylic acids is 1. The van der Waals surface area contributed by atoms with E-state index in [1.807, 2.05) is 12.2 Å². The third kappa shape index (κ3) is 37.5.